The van der Waals surface area contributed by atoms with Crippen LogP contribution in [0.15, 0.2) is 18.2 Å². The van der Waals surface area contributed by atoms with Gasteiger partial charge in [0.2, 0.25) is 17.1 Å². The number of halogens is 2. The van der Waals surface area contributed by atoms with Gasteiger partial charge in [0, 0.05) is 6.42 Å². The largest absolute Gasteiger partial charge is 0.447 e. The zero-order chi connectivity index (χ0) is 21.0. The number of hydrogen-bond acceptors (Lipinski definition) is 6. The lowest BCUT2D eigenvalue weighted by Crippen LogP contribution is -2.61. The Labute approximate surface area is 166 Å². The molecule has 1 aromatic rings. The predicted molar refractivity (Wildman–Crippen MR) is 94.6 cm³/mol. The predicted octanol–water partition coefficient (Wildman–Crippen LogP) is 4.11. The van der Waals surface area contributed by atoms with E-state index in [2.05, 4.69) is 6.07 Å². The summed E-state index contributed by atoms with van der Waals surface area (Å²) in [6.07, 6.45) is 1.07. The second kappa shape index (κ2) is 6.24. The number of hydrogen-bond donors (Lipinski definition) is 1. The third kappa shape index (κ3) is 2.17. The maximum atomic E-state index is 14.0. The lowest BCUT2D eigenvalue weighted by Gasteiger charge is -2.52. The van der Waals surface area contributed by atoms with E-state index in [-0.39, 0.29) is 11.5 Å². The monoisotopic (exact) mass is 396 g/mol. The number of benzene rings is 1. The Morgan fingerprint density at radius 3 is 2.48 bits per heavy atom. The van der Waals surface area contributed by atoms with Crippen LogP contribution in [0.1, 0.15) is 44.3 Å². The summed E-state index contributed by atoms with van der Waals surface area (Å²) in [5.41, 5.74) is -3.96. The van der Waals surface area contributed by atoms with Crippen LogP contribution in [0.4, 0.5) is 8.78 Å². The highest BCUT2D eigenvalue weighted by Gasteiger charge is 2.80. The number of nitriles is 3. The van der Waals surface area contributed by atoms with E-state index in [1.807, 2.05) is 19.1 Å². The number of nitrogens with zero attached hydrogens (tertiary/aromatic N) is 3. The summed E-state index contributed by atoms with van der Waals surface area (Å²) < 4.78 is 39.4. The van der Waals surface area contributed by atoms with Gasteiger partial charge >= 0.3 is 0 Å². The minimum atomic E-state index is -2.15. The molecule has 0 radical (unpaired) electrons. The van der Waals surface area contributed by atoms with Gasteiger partial charge in [-0.15, -0.1) is 0 Å². The zero-order valence-corrected chi connectivity index (χ0v) is 15.7. The molecule has 2 bridgehead atoms. The molecule has 5 unspecified atom stereocenters. The standard InChI is InChI=1S/C21H18F2N4O2/c1-2-12-5-6-21-16(7-12)20(11-26,18(27)29-21)19(9-24,10-25)17(28-21)13-3-4-14(22)15(23)8-13/h3-4,8,12,16-17,27H,2,5-7H2,1H3. The van der Waals surface area contributed by atoms with Crippen molar-refractivity contribution >= 4 is 5.90 Å². The molecular formula is C21H18F2N4O2. The van der Waals surface area contributed by atoms with Crippen molar-refractivity contribution in [3.8, 4) is 18.2 Å². The maximum Gasteiger partial charge on any atom is 0.217 e. The first-order valence-electron chi connectivity index (χ1n) is 9.48. The van der Waals surface area contributed by atoms with Crippen LogP contribution in [0.5, 0.6) is 0 Å². The highest BCUT2D eigenvalue weighted by atomic mass is 19.2. The Morgan fingerprint density at radius 2 is 1.90 bits per heavy atom. The van der Waals surface area contributed by atoms with E-state index in [1.54, 1.807) is 0 Å². The van der Waals surface area contributed by atoms with E-state index < -0.39 is 46.2 Å². The molecule has 3 fully saturated rings. The molecule has 1 saturated carbocycles. The average Bonchev–Trinajstić information content (AvgIpc) is 2.93. The first kappa shape index (κ1) is 19.3. The second-order valence-corrected chi connectivity index (χ2v) is 7.97. The summed E-state index contributed by atoms with van der Waals surface area (Å²) in [5.74, 6) is -4.47. The molecule has 4 rings (SSSR count). The first-order valence-corrected chi connectivity index (χ1v) is 9.48. The number of ether oxygens (including phenoxy) is 2. The normalized spacial score (nSPS) is 36.8. The van der Waals surface area contributed by atoms with E-state index in [0.717, 1.165) is 25.0 Å². The van der Waals surface area contributed by atoms with Crippen molar-refractivity contribution < 1.29 is 18.3 Å². The molecule has 2 heterocycles. The van der Waals surface area contributed by atoms with Crippen LogP contribution in [-0.4, -0.2) is 11.7 Å². The van der Waals surface area contributed by atoms with Crippen molar-refractivity contribution in [3.05, 3.63) is 35.4 Å². The van der Waals surface area contributed by atoms with Crippen LogP contribution in [0.2, 0.25) is 0 Å². The molecule has 1 aromatic carbocycles. The molecule has 2 aliphatic heterocycles. The van der Waals surface area contributed by atoms with E-state index in [4.69, 9.17) is 14.9 Å². The van der Waals surface area contributed by atoms with Crippen molar-refractivity contribution in [2.45, 2.75) is 44.5 Å². The second-order valence-electron chi connectivity index (χ2n) is 7.97. The van der Waals surface area contributed by atoms with Gasteiger partial charge in [-0.1, -0.05) is 19.4 Å². The Kier molecular flexibility index (Phi) is 4.15. The average molecular weight is 396 g/mol. The summed E-state index contributed by atoms with van der Waals surface area (Å²) >= 11 is 0. The minimum absolute atomic E-state index is 0.0559. The fourth-order valence-electron chi connectivity index (χ4n) is 5.26. The van der Waals surface area contributed by atoms with E-state index in [9.17, 15) is 24.6 Å². The lowest BCUT2D eigenvalue weighted by molar-refractivity contribution is -0.299. The van der Waals surface area contributed by atoms with Gasteiger partial charge in [0.1, 0.15) is 6.10 Å². The summed E-state index contributed by atoms with van der Waals surface area (Å²) in [7, 11) is 0. The van der Waals surface area contributed by atoms with Crippen molar-refractivity contribution in [2.75, 3.05) is 0 Å². The molecular weight excluding hydrogens is 378 g/mol. The molecule has 5 atom stereocenters. The van der Waals surface area contributed by atoms with Crippen LogP contribution in [-0.2, 0) is 9.47 Å². The van der Waals surface area contributed by atoms with Gasteiger partial charge in [-0.3, -0.25) is 5.41 Å². The molecule has 148 valence electrons. The van der Waals surface area contributed by atoms with Crippen molar-refractivity contribution in [1.29, 1.82) is 21.2 Å². The molecule has 29 heavy (non-hydrogen) atoms. The molecule has 0 amide bonds. The van der Waals surface area contributed by atoms with Crippen LogP contribution in [0.3, 0.4) is 0 Å². The quantitative estimate of drug-likeness (QED) is 0.808. The fraction of sp³-hybridized carbons (Fsp3) is 0.524. The van der Waals surface area contributed by atoms with E-state index in [1.165, 1.54) is 6.07 Å². The van der Waals surface area contributed by atoms with Crippen molar-refractivity contribution in [3.63, 3.8) is 0 Å². The lowest BCUT2D eigenvalue weighted by atomic mass is 9.50. The minimum Gasteiger partial charge on any atom is -0.447 e. The Bertz CT molecular complexity index is 1010. The SMILES string of the molecule is CCC1CCC23OC(=N)C(C#N)(C2C1)C(C#N)(C#N)C(c1ccc(F)c(F)c1)O3. The molecule has 8 heteroatoms. The first-order chi connectivity index (χ1) is 13.8. The Hall–Kier alpha value is -3.02. The van der Waals surface area contributed by atoms with Gasteiger partial charge in [0.05, 0.1) is 24.1 Å². The van der Waals surface area contributed by atoms with Gasteiger partial charge < -0.3 is 9.47 Å². The molecule has 1 aliphatic carbocycles. The fourth-order valence-corrected chi connectivity index (χ4v) is 5.26. The molecule has 1 N–H and O–H groups in total. The molecule has 0 aromatic heterocycles. The smallest absolute Gasteiger partial charge is 0.217 e. The molecule has 3 aliphatic rings. The molecule has 6 nitrogen and oxygen atoms in total. The van der Waals surface area contributed by atoms with Gasteiger partial charge in [0.15, 0.2) is 17.0 Å². The summed E-state index contributed by atoms with van der Waals surface area (Å²) in [5, 5.41) is 38.9. The number of nitrogens with one attached hydrogen (secondary N) is 1. The number of rotatable bonds is 2. The van der Waals surface area contributed by atoms with Crippen LogP contribution >= 0.6 is 0 Å². The van der Waals surface area contributed by atoms with Crippen LogP contribution in [0.25, 0.3) is 0 Å². The Morgan fingerprint density at radius 1 is 1.17 bits per heavy atom. The highest BCUT2D eigenvalue weighted by Crippen LogP contribution is 2.70. The van der Waals surface area contributed by atoms with E-state index in [0.29, 0.717) is 12.8 Å². The van der Waals surface area contributed by atoms with Crippen molar-refractivity contribution in [1.82, 2.24) is 0 Å². The summed E-state index contributed by atoms with van der Waals surface area (Å²) in [6, 6.07) is 8.89. The molecule has 0 spiro atoms. The Balaban J connectivity index is 1.97. The summed E-state index contributed by atoms with van der Waals surface area (Å²) in [6.45, 7) is 2.02. The van der Waals surface area contributed by atoms with Gasteiger partial charge in [-0.25, -0.2) is 8.78 Å². The highest BCUT2D eigenvalue weighted by molar-refractivity contribution is 5.89. The van der Waals surface area contributed by atoms with Gasteiger partial charge in [0.25, 0.3) is 0 Å². The molecule has 2 saturated heterocycles. The van der Waals surface area contributed by atoms with E-state index >= 15 is 0 Å². The van der Waals surface area contributed by atoms with Crippen LogP contribution < -0.4 is 0 Å². The third-order valence-corrected chi connectivity index (χ3v) is 6.84. The van der Waals surface area contributed by atoms with Gasteiger partial charge in [-0.2, -0.15) is 15.8 Å². The third-order valence-electron chi connectivity index (χ3n) is 6.84. The van der Waals surface area contributed by atoms with Crippen molar-refractivity contribution in [2.24, 2.45) is 22.7 Å². The topological polar surface area (TPSA) is 114 Å². The zero-order valence-electron chi connectivity index (χ0n) is 15.7. The summed E-state index contributed by atoms with van der Waals surface area (Å²) in [4.78, 5) is 0. The van der Waals surface area contributed by atoms with Crippen LogP contribution in [0, 0.1) is 73.7 Å². The maximum absolute atomic E-state index is 14.0. The van der Waals surface area contributed by atoms with Gasteiger partial charge in [-0.05, 0) is 36.5 Å².